The molecule has 3 nitrogen and oxygen atoms in total. The van der Waals surface area contributed by atoms with E-state index in [0.717, 1.165) is 6.42 Å². The van der Waals surface area contributed by atoms with Crippen molar-refractivity contribution in [3.05, 3.63) is 83.4 Å². The van der Waals surface area contributed by atoms with E-state index in [9.17, 15) is 0 Å². The number of hydrogen-bond donors (Lipinski definition) is 2. The second kappa shape index (κ2) is 6.85. The Morgan fingerprint density at radius 3 is 2.12 bits per heavy atom. The van der Waals surface area contributed by atoms with E-state index in [4.69, 9.17) is 10.2 Å². The summed E-state index contributed by atoms with van der Waals surface area (Å²) in [6.45, 7) is 1.18. The minimum atomic E-state index is -0.0764. The standard InChI is InChI=1S/C17H17N.C6H6O2/c1-18-10-9-12-6-4-8-15-14-7-3-2-5-13(14)11-16(18)17(12)15;7-5-3-1-2-4-6(5)8/h2-8,16H,9-11H2,1H3;1-4,7-8H. The van der Waals surface area contributed by atoms with E-state index in [0.29, 0.717) is 6.04 Å². The third-order valence-corrected chi connectivity index (χ3v) is 5.40. The van der Waals surface area contributed by atoms with Crippen LogP contribution in [0.3, 0.4) is 0 Å². The lowest BCUT2D eigenvalue weighted by atomic mass is 9.77. The Labute approximate surface area is 154 Å². The molecule has 132 valence electrons. The first-order valence-corrected chi connectivity index (χ1v) is 9.02. The quantitative estimate of drug-likeness (QED) is 0.588. The molecule has 1 atom stereocenters. The van der Waals surface area contributed by atoms with Crippen LogP contribution in [-0.2, 0) is 12.8 Å². The van der Waals surface area contributed by atoms with Crippen LogP contribution in [0, 0.1) is 0 Å². The van der Waals surface area contributed by atoms with Crippen molar-refractivity contribution in [2.45, 2.75) is 18.9 Å². The van der Waals surface area contributed by atoms with Crippen molar-refractivity contribution in [2.24, 2.45) is 0 Å². The van der Waals surface area contributed by atoms with Crippen LogP contribution in [0.2, 0.25) is 0 Å². The second-order valence-electron chi connectivity index (χ2n) is 6.97. The summed E-state index contributed by atoms with van der Waals surface area (Å²) in [5.74, 6) is -0.153. The lowest BCUT2D eigenvalue weighted by Gasteiger charge is -2.39. The van der Waals surface area contributed by atoms with E-state index < -0.39 is 0 Å². The number of para-hydroxylation sites is 2. The molecule has 1 aliphatic heterocycles. The molecule has 0 spiro atoms. The average Bonchev–Trinajstić information content (AvgIpc) is 2.67. The molecule has 0 saturated carbocycles. The van der Waals surface area contributed by atoms with E-state index in [1.165, 1.54) is 41.8 Å². The highest BCUT2D eigenvalue weighted by Gasteiger charge is 2.31. The topological polar surface area (TPSA) is 43.7 Å². The zero-order valence-electron chi connectivity index (χ0n) is 14.9. The number of phenolic OH excluding ortho intramolecular Hbond substituents is 2. The van der Waals surface area contributed by atoms with Crippen molar-refractivity contribution >= 4 is 0 Å². The van der Waals surface area contributed by atoms with E-state index in [1.54, 1.807) is 23.3 Å². The zero-order valence-corrected chi connectivity index (χ0v) is 14.9. The second-order valence-corrected chi connectivity index (χ2v) is 6.97. The summed E-state index contributed by atoms with van der Waals surface area (Å²) in [5, 5.41) is 17.3. The Balaban J connectivity index is 0.000000178. The summed E-state index contributed by atoms with van der Waals surface area (Å²) in [5.41, 5.74) is 7.56. The maximum atomic E-state index is 8.67. The molecule has 1 unspecified atom stereocenters. The SMILES string of the molecule is CN1CCc2cccc3c2C1Cc1ccccc1-3.Oc1ccccc1O. The molecular formula is C23H23NO2. The normalized spacial score (nSPS) is 17.5. The van der Waals surface area contributed by atoms with Crippen LogP contribution in [0.5, 0.6) is 11.5 Å². The lowest BCUT2D eigenvalue weighted by molar-refractivity contribution is 0.228. The summed E-state index contributed by atoms with van der Waals surface area (Å²) in [6, 6.07) is 22.4. The number of hydrogen-bond acceptors (Lipinski definition) is 3. The Kier molecular flexibility index (Phi) is 4.39. The highest BCUT2D eigenvalue weighted by atomic mass is 16.3. The lowest BCUT2D eigenvalue weighted by Crippen LogP contribution is -2.35. The van der Waals surface area contributed by atoms with Crippen molar-refractivity contribution < 1.29 is 10.2 Å². The molecule has 0 amide bonds. The molecular weight excluding hydrogens is 322 g/mol. The summed E-state index contributed by atoms with van der Waals surface area (Å²) >= 11 is 0. The fourth-order valence-corrected chi connectivity index (χ4v) is 4.02. The van der Waals surface area contributed by atoms with Crippen molar-refractivity contribution in [3.63, 3.8) is 0 Å². The summed E-state index contributed by atoms with van der Waals surface area (Å²) in [6.07, 6.45) is 2.36. The number of phenols is 2. The van der Waals surface area contributed by atoms with E-state index in [2.05, 4.69) is 54.4 Å². The maximum absolute atomic E-state index is 8.67. The molecule has 2 N–H and O–H groups in total. The third kappa shape index (κ3) is 2.95. The highest BCUT2D eigenvalue weighted by molar-refractivity contribution is 5.75. The van der Waals surface area contributed by atoms with Crippen LogP contribution in [0.15, 0.2) is 66.7 Å². The maximum Gasteiger partial charge on any atom is 0.157 e. The molecule has 5 rings (SSSR count). The number of benzene rings is 3. The van der Waals surface area contributed by atoms with Crippen molar-refractivity contribution in [2.75, 3.05) is 13.6 Å². The molecule has 3 aromatic rings. The van der Waals surface area contributed by atoms with Crippen molar-refractivity contribution in [3.8, 4) is 22.6 Å². The number of aromatic hydroxyl groups is 2. The van der Waals surface area contributed by atoms with Gasteiger partial charge < -0.3 is 10.2 Å². The Morgan fingerprint density at radius 1 is 0.769 bits per heavy atom. The van der Waals surface area contributed by atoms with Gasteiger partial charge in [-0.15, -0.1) is 0 Å². The monoisotopic (exact) mass is 345 g/mol. The third-order valence-electron chi connectivity index (χ3n) is 5.40. The number of likely N-dealkylation sites (N-methyl/N-ethyl adjacent to an activating group) is 1. The first-order valence-electron chi connectivity index (χ1n) is 9.02. The Morgan fingerprint density at radius 2 is 1.38 bits per heavy atom. The van der Waals surface area contributed by atoms with Crippen LogP contribution in [0.25, 0.3) is 11.1 Å². The van der Waals surface area contributed by atoms with Crippen LogP contribution in [0.4, 0.5) is 0 Å². The highest BCUT2D eigenvalue weighted by Crippen LogP contribution is 2.44. The number of fused-ring (bicyclic) bond motifs is 2. The first-order chi connectivity index (χ1) is 12.6. The zero-order chi connectivity index (χ0) is 18.1. The molecule has 3 heteroatoms. The molecule has 2 aliphatic rings. The molecule has 0 saturated heterocycles. The van der Waals surface area contributed by atoms with Gasteiger partial charge in [-0.25, -0.2) is 0 Å². The van der Waals surface area contributed by atoms with E-state index in [-0.39, 0.29) is 11.5 Å². The van der Waals surface area contributed by atoms with Crippen LogP contribution < -0.4 is 0 Å². The van der Waals surface area contributed by atoms with Crippen LogP contribution in [-0.4, -0.2) is 28.7 Å². The molecule has 0 radical (unpaired) electrons. The molecule has 3 aromatic carbocycles. The molecule has 26 heavy (non-hydrogen) atoms. The van der Waals surface area contributed by atoms with Gasteiger partial charge in [0.1, 0.15) is 0 Å². The van der Waals surface area contributed by atoms with Gasteiger partial charge in [-0.1, -0.05) is 54.6 Å². The fraction of sp³-hybridized carbons (Fsp3) is 0.217. The number of rotatable bonds is 0. The first kappa shape index (κ1) is 16.7. The fourth-order valence-electron chi connectivity index (χ4n) is 4.02. The van der Waals surface area contributed by atoms with Gasteiger partial charge in [0.05, 0.1) is 0 Å². The van der Waals surface area contributed by atoms with E-state index >= 15 is 0 Å². The summed E-state index contributed by atoms with van der Waals surface area (Å²) in [7, 11) is 2.26. The predicted molar refractivity (Wildman–Crippen MR) is 104 cm³/mol. The minimum absolute atomic E-state index is 0.0764. The van der Waals surface area contributed by atoms with Gasteiger partial charge in [0.2, 0.25) is 0 Å². The van der Waals surface area contributed by atoms with Crippen molar-refractivity contribution in [1.29, 1.82) is 0 Å². The van der Waals surface area contributed by atoms with Gasteiger partial charge >= 0.3 is 0 Å². The summed E-state index contributed by atoms with van der Waals surface area (Å²) < 4.78 is 0. The van der Waals surface area contributed by atoms with Gasteiger partial charge in [-0.3, -0.25) is 4.90 Å². The molecule has 0 fully saturated rings. The molecule has 1 heterocycles. The summed E-state index contributed by atoms with van der Waals surface area (Å²) in [4.78, 5) is 2.52. The molecule has 1 aliphatic carbocycles. The van der Waals surface area contributed by atoms with Crippen LogP contribution in [0.1, 0.15) is 22.7 Å². The Hall–Kier alpha value is -2.78. The Bertz CT molecular complexity index is 914. The largest absolute Gasteiger partial charge is 0.504 e. The van der Waals surface area contributed by atoms with Gasteiger partial charge in [0.15, 0.2) is 11.5 Å². The van der Waals surface area contributed by atoms with Gasteiger partial charge in [-0.2, -0.15) is 0 Å². The smallest absolute Gasteiger partial charge is 0.157 e. The minimum Gasteiger partial charge on any atom is -0.504 e. The predicted octanol–water partition coefficient (Wildman–Crippen LogP) is 4.54. The number of nitrogens with zero attached hydrogens (tertiary/aromatic N) is 1. The van der Waals surface area contributed by atoms with E-state index in [1.807, 2.05) is 0 Å². The molecule has 0 aromatic heterocycles. The molecule has 0 bridgehead atoms. The van der Waals surface area contributed by atoms with Gasteiger partial charge in [-0.05, 0) is 59.8 Å². The van der Waals surface area contributed by atoms with Crippen LogP contribution >= 0.6 is 0 Å². The average molecular weight is 345 g/mol. The van der Waals surface area contributed by atoms with Gasteiger partial charge in [0, 0.05) is 12.6 Å². The van der Waals surface area contributed by atoms with Crippen molar-refractivity contribution in [1.82, 2.24) is 4.90 Å². The van der Waals surface area contributed by atoms with Gasteiger partial charge in [0.25, 0.3) is 0 Å².